The maximum absolute atomic E-state index is 12.9. The zero-order valence-electron chi connectivity index (χ0n) is 13.2. The molecule has 0 atom stereocenters. The minimum absolute atomic E-state index is 0.216. The number of benzene rings is 1. The minimum atomic E-state index is 0.216. The van der Waals surface area contributed by atoms with Crippen LogP contribution in [0.4, 0.5) is 5.69 Å². The van der Waals surface area contributed by atoms with Crippen molar-refractivity contribution in [3.05, 3.63) is 29.8 Å². The Balaban J connectivity index is 2.13. The predicted molar refractivity (Wildman–Crippen MR) is 88.2 cm³/mol. The molecule has 116 valence electrons. The van der Waals surface area contributed by atoms with Crippen LogP contribution in [0.3, 0.4) is 0 Å². The summed E-state index contributed by atoms with van der Waals surface area (Å²) in [5, 5.41) is 0. The van der Waals surface area contributed by atoms with Crippen LogP contribution in [-0.4, -0.2) is 12.5 Å². The number of carbonyl (C=O) groups excluding carboxylic acids is 1. The number of hydrogen-bond donors (Lipinski definition) is 1. The summed E-state index contributed by atoms with van der Waals surface area (Å²) in [6.45, 7) is 3.48. The molecule has 1 aliphatic carbocycles. The molecule has 0 saturated heterocycles. The molecule has 0 bridgehead atoms. The van der Waals surface area contributed by atoms with E-state index in [1.165, 1.54) is 25.7 Å². The van der Waals surface area contributed by atoms with Crippen LogP contribution in [-0.2, 0) is 11.3 Å². The summed E-state index contributed by atoms with van der Waals surface area (Å²) in [5.41, 5.74) is 7.77. The molecule has 2 rings (SSSR count). The van der Waals surface area contributed by atoms with Crippen molar-refractivity contribution in [1.82, 2.24) is 0 Å². The summed E-state index contributed by atoms with van der Waals surface area (Å²) < 4.78 is 0. The molecule has 3 heteroatoms. The number of nitrogens with zero attached hydrogens (tertiary/aromatic N) is 1. The van der Waals surface area contributed by atoms with Crippen molar-refractivity contribution >= 4 is 11.6 Å². The van der Waals surface area contributed by atoms with Crippen LogP contribution in [0.15, 0.2) is 24.3 Å². The zero-order valence-corrected chi connectivity index (χ0v) is 13.2. The number of rotatable bonds is 5. The van der Waals surface area contributed by atoms with Gasteiger partial charge in [-0.1, -0.05) is 44.7 Å². The Kier molecular flexibility index (Phi) is 6.24. The van der Waals surface area contributed by atoms with Gasteiger partial charge in [0.1, 0.15) is 0 Å². The van der Waals surface area contributed by atoms with Crippen molar-refractivity contribution < 1.29 is 4.79 Å². The first-order valence-corrected chi connectivity index (χ1v) is 8.36. The van der Waals surface area contributed by atoms with Gasteiger partial charge < -0.3 is 10.6 Å². The molecule has 1 amide bonds. The fraction of sp³-hybridized carbons (Fsp3) is 0.611. The predicted octanol–water partition coefficient (Wildman–Crippen LogP) is 3.86. The normalized spacial score (nSPS) is 16.5. The smallest absolute Gasteiger partial charge is 0.230 e. The van der Waals surface area contributed by atoms with Crippen LogP contribution in [0.2, 0.25) is 0 Å². The van der Waals surface area contributed by atoms with Crippen LogP contribution < -0.4 is 10.6 Å². The van der Waals surface area contributed by atoms with E-state index in [-0.39, 0.29) is 5.92 Å². The highest BCUT2D eigenvalue weighted by Gasteiger charge is 2.25. The lowest BCUT2D eigenvalue weighted by Crippen LogP contribution is -2.36. The molecule has 0 heterocycles. The van der Waals surface area contributed by atoms with Gasteiger partial charge in [0, 0.05) is 24.7 Å². The van der Waals surface area contributed by atoms with E-state index in [9.17, 15) is 4.79 Å². The van der Waals surface area contributed by atoms with Crippen molar-refractivity contribution in [3.8, 4) is 0 Å². The second-order valence-corrected chi connectivity index (χ2v) is 6.05. The topological polar surface area (TPSA) is 46.3 Å². The van der Waals surface area contributed by atoms with E-state index in [4.69, 9.17) is 5.73 Å². The van der Waals surface area contributed by atoms with Gasteiger partial charge in [0.2, 0.25) is 5.91 Å². The van der Waals surface area contributed by atoms with Crippen LogP contribution in [0, 0.1) is 5.92 Å². The molecule has 0 unspecified atom stereocenters. The standard InChI is InChI=1S/C18H28N2O/c1-2-13-20(17-11-9-15(14-19)10-12-17)18(21)16-7-5-3-4-6-8-16/h9-12,16H,2-8,13-14,19H2,1H3. The van der Waals surface area contributed by atoms with Crippen molar-refractivity contribution in [2.45, 2.75) is 58.4 Å². The van der Waals surface area contributed by atoms with Crippen molar-refractivity contribution in [2.75, 3.05) is 11.4 Å². The maximum atomic E-state index is 12.9. The Labute approximate surface area is 128 Å². The number of nitrogens with two attached hydrogens (primary N) is 1. The number of anilines is 1. The highest BCUT2D eigenvalue weighted by atomic mass is 16.2. The second kappa shape index (κ2) is 8.18. The molecule has 1 aromatic rings. The third kappa shape index (κ3) is 4.31. The molecule has 21 heavy (non-hydrogen) atoms. The first-order chi connectivity index (χ1) is 10.3. The molecule has 0 spiro atoms. The monoisotopic (exact) mass is 288 g/mol. The van der Waals surface area contributed by atoms with Gasteiger partial charge in [-0.25, -0.2) is 0 Å². The molecule has 3 nitrogen and oxygen atoms in total. The quantitative estimate of drug-likeness (QED) is 0.836. The summed E-state index contributed by atoms with van der Waals surface area (Å²) >= 11 is 0. The maximum Gasteiger partial charge on any atom is 0.230 e. The summed E-state index contributed by atoms with van der Waals surface area (Å²) in [5.74, 6) is 0.535. The highest BCUT2D eigenvalue weighted by Crippen LogP contribution is 2.27. The van der Waals surface area contributed by atoms with Gasteiger partial charge in [0.25, 0.3) is 0 Å². The van der Waals surface area contributed by atoms with E-state index in [0.717, 1.165) is 37.1 Å². The molecule has 1 fully saturated rings. The average Bonchev–Trinajstić information content (AvgIpc) is 2.81. The first kappa shape index (κ1) is 16.0. The number of amides is 1. The van der Waals surface area contributed by atoms with E-state index in [1.807, 2.05) is 29.2 Å². The second-order valence-electron chi connectivity index (χ2n) is 6.05. The molecule has 0 radical (unpaired) electrons. The molecule has 1 aliphatic rings. The molecule has 0 aliphatic heterocycles. The largest absolute Gasteiger partial charge is 0.326 e. The van der Waals surface area contributed by atoms with Crippen molar-refractivity contribution in [2.24, 2.45) is 11.7 Å². The van der Waals surface area contributed by atoms with E-state index in [2.05, 4.69) is 6.92 Å². The lowest BCUT2D eigenvalue weighted by molar-refractivity contribution is -0.122. The van der Waals surface area contributed by atoms with Crippen LogP contribution in [0.5, 0.6) is 0 Å². The fourth-order valence-corrected chi connectivity index (χ4v) is 3.15. The third-order valence-electron chi connectivity index (χ3n) is 4.40. The molecular formula is C18H28N2O. The van der Waals surface area contributed by atoms with Crippen molar-refractivity contribution in [1.29, 1.82) is 0 Å². The zero-order chi connectivity index (χ0) is 15.1. The Morgan fingerprint density at radius 3 is 2.29 bits per heavy atom. The van der Waals surface area contributed by atoms with Crippen molar-refractivity contribution in [3.63, 3.8) is 0 Å². The van der Waals surface area contributed by atoms with Gasteiger partial charge in [-0.15, -0.1) is 0 Å². The summed E-state index contributed by atoms with van der Waals surface area (Å²) in [6.07, 6.45) is 8.05. The van der Waals surface area contributed by atoms with Crippen LogP contribution in [0.1, 0.15) is 57.4 Å². The fourth-order valence-electron chi connectivity index (χ4n) is 3.15. The molecular weight excluding hydrogens is 260 g/mol. The SMILES string of the molecule is CCCN(C(=O)C1CCCCCC1)c1ccc(CN)cc1. The Morgan fingerprint density at radius 2 is 1.76 bits per heavy atom. The Bertz CT molecular complexity index is 433. The first-order valence-electron chi connectivity index (χ1n) is 8.36. The van der Waals surface area contributed by atoms with Crippen LogP contribution >= 0.6 is 0 Å². The summed E-state index contributed by atoms with van der Waals surface area (Å²) in [7, 11) is 0. The number of hydrogen-bond acceptors (Lipinski definition) is 2. The average molecular weight is 288 g/mol. The minimum Gasteiger partial charge on any atom is -0.326 e. The lowest BCUT2D eigenvalue weighted by Gasteiger charge is -2.27. The third-order valence-corrected chi connectivity index (χ3v) is 4.40. The molecule has 2 N–H and O–H groups in total. The van der Waals surface area contributed by atoms with Gasteiger partial charge in [-0.2, -0.15) is 0 Å². The van der Waals surface area contributed by atoms with Gasteiger partial charge in [-0.05, 0) is 37.0 Å². The molecule has 1 saturated carbocycles. The van der Waals surface area contributed by atoms with Gasteiger partial charge in [-0.3, -0.25) is 4.79 Å². The van der Waals surface area contributed by atoms with Gasteiger partial charge >= 0.3 is 0 Å². The van der Waals surface area contributed by atoms with E-state index >= 15 is 0 Å². The van der Waals surface area contributed by atoms with Crippen LogP contribution in [0.25, 0.3) is 0 Å². The van der Waals surface area contributed by atoms with Gasteiger partial charge in [0.15, 0.2) is 0 Å². The molecule has 0 aromatic heterocycles. The molecule has 1 aromatic carbocycles. The van der Waals surface area contributed by atoms with E-state index < -0.39 is 0 Å². The van der Waals surface area contributed by atoms with E-state index in [0.29, 0.717) is 12.5 Å². The Morgan fingerprint density at radius 1 is 1.14 bits per heavy atom. The Hall–Kier alpha value is -1.35. The summed E-state index contributed by atoms with van der Waals surface area (Å²) in [4.78, 5) is 14.9. The number of carbonyl (C=O) groups is 1. The van der Waals surface area contributed by atoms with E-state index in [1.54, 1.807) is 0 Å². The lowest BCUT2D eigenvalue weighted by atomic mass is 9.98. The summed E-state index contributed by atoms with van der Waals surface area (Å²) in [6, 6.07) is 8.12. The van der Waals surface area contributed by atoms with Gasteiger partial charge in [0.05, 0.1) is 0 Å². The highest BCUT2D eigenvalue weighted by molar-refractivity contribution is 5.95.